The normalized spacial score (nSPS) is 10.0. The zero-order valence-electron chi connectivity index (χ0n) is 8.95. The summed E-state index contributed by atoms with van der Waals surface area (Å²) in [6.07, 6.45) is 0. The van der Waals surface area contributed by atoms with Gasteiger partial charge in [-0.1, -0.05) is 12.1 Å². The number of fused-ring (bicyclic) bond motifs is 1. The number of benzene rings is 1. The van der Waals surface area contributed by atoms with Crippen molar-refractivity contribution in [2.45, 2.75) is 13.5 Å². The third kappa shape index (κ3) is 2.67. The zero-order chi connectivity index (χ0) is 9.97. The van der Waals surface area contributed by atoms with Crippen molar-refractivity contribution in [3.8, 4) is 0 Å². The molecule has 0 aliphatic rings. The number of nitrogens with one attached hydrogen (secondary N) is 1. The predicted molar refractivity (Wildman–Crippen MR) is 66.5 cm³/mol. The average Bonchev–Trinajstić information content (AvgIpc) is 2.19. The monoisotopic (exact) mass is 222 g/mol. The van der Waals surface area contributed by atoms with Gasteiger partial charge in [0.05, 0.1) is 5.52 Å². The molecule has 2 nitrogen and oxygen atoms in total. The van der Waals surface area contributed by atoms with Gasteiger partial charge in [0.15, 0.2) is 0 Å². The van der Waals surface area contributed by atoms with Gasteiger partial charge in [0, 0.05) is 17.6 Å². The predicted octanol–water partition coefficient (Wildman–Crippen LogP) is 2.68. The molecule has 0 atom stereocenters. The van der Waals surface area contributed by atoms with Gasteiger partial charge < -0.3 is 5.32 Å². The smallest absolute Gasteiger partial charge is 0.0705 e. The topological polar surface area (TPSA) is 24.9 Å². The van der Waals surface area contributed by atoms with Gasteiger partial charge in [0.1, 0.15) is 0 Å². The molecule has 0 aliphatic carbocycles. The van der Waals surface area contributed by atoms with Gasteiger partial charge in [-0.15, -0.1) is 12.4 Å². The first-order valence-electron chi connectivity index (χ1n) is 4.80. The van der Waals surface area contributed by atoms with Crippen molar-refractivity contribution in [1.82, 2.24) is 10.3 Å². The van der Waals surface area contributed by atoms with Crippen molar-refractivity contribution < 1.29 is 0 Å². The van der Waals surface area contributed by atoms with Crippen LogP contribution in [0.15, 0.2) is 30.3 Å². The highest BCUT2D eigenvalue weighted by atomic mass is 35.5. The molecule has 0 spiro atoms. The van der Waals surface area contributed by atoms with Crippen LogP contribution in [0.1, 0.15) is 11.3 Å². The molecule has 1 aromatic carbocycles. The molecular weight excluding hydrogens is 208 g/mol. The molecule has 15 heavy (non-hydrogen) atoms. The number of hydrogen-bond donors (Lipinski definition) is 1. The van der Waals surface area contributed by atoms with Crippen molar-refractivity contribution in [3.05, 3.63) is 41.6 Å². The Labute approximate surface area is 96.1 Å². The van der Waals surface area contributed by atoms with Crippen molar-refractivity contribution >= 4 is 23.3 Å². The third-order valence-electron chi connectivity index (χ3n) is 2.27. The standard InChI is InChI=1S/C12H14N2.ClH/c1-9-3-5-11-7-10(8-13-2)4-6-12(11)14-9;/h3-7,13H,8H2,1-2H3;1H. The van der Waals surface area contributed by atoms with E-state index >= 15 is 0 Å². The van der Waals surface area contributed by atoms with Gasteiger partial charge in [0.25, 0.3) is 0 Å². The summed E-state index contributed by atoms with van der Waals surface area (Å²) >= 11 is 0. The van der Waals surface area contributed by atoms with Crippen LogP contribution >= 0.6 is 12.4 Å². The van der Waals surface area contributed by atoms with E-state index in [2.05, 4.69) is 34.6 Å². The number of halogens is 1. The Kier molecular flexibility index (Phi) is 4.06. The molecule has 0 saturated carbocycles. The molecule has 0 aliphatic heterocycles. The molecule has 80 valence electrons. The van der Waals surface area contributed by atoms with E-state index in [0.29, 0.717) is 0 Å². The Morgan fingerprint density at radius 2 is 2.00 bits per heavy atom. The van der Waals surface area contributed by atoms with Gasteiger partial charge >= 0.3 is 0 Å². The Morgan fingerprint density at radius 1 is 1.20 bits per heavy atom. The largest absolute Gasteiger partial charge is 0.316 e. The van der Waals surface area contributed by atoms with Crippen molar-refractivity contribution in [1.29, 1.82) is 0 Å². The van der Waals surface area contributed by atoms with Crippen LogP contribution in [-0.2, 0) is 6.54 Å². The Balaban J connectivity index is 0.00000112. The van der Waals surface area contributed by atoms with E-state index in [1.54, 1.807) is 0 Å². The van der Waals surface area contributed by atoms with Gasteiger partial charge in [-0.3, -0.25) is 4.98 Å². The Hall–Kier alpha value is -1.12. The quantitative estimate of drug-likeness (QED) is 0.845. The zero-order valence-corrected chi connectivity index (χ0v) is 9.77. The maximum Gasteiger partial charge on any atom is 0.0705 e. The second kappa shape index (κ2) is 5.10. The van der Waals surface area contributed by atoms with Crippen molar-refractivity contribution in [2.24, 2.45) is 0 Å². The van der Waals surface area contributed by atoms with Crippen LogP contribution in [0.2, 0.25) is 0 Å². The summed E-state index contributed by atoms with van der Waals surface area (Å²) in [5.41, 5.74) is 3.44. The summed E-state index contributed by atoms with van der Waals surface area (Å²) in [4.78, 5) is 4.46. The van der Waals surface area contributed by atoms with Crippen molar-refractivity contribution in [3.63, 3.8) is 0 Å². The molecule has 0 bridgehead atoms. The van der Waals surface area contributed by atoms with E-state index in [1.165, 1.54) is 10.9 Å². The lowest BCUT2D eigenvalue weighted by Crippen LogP contribution is -2.04. The van der Waals surface area contributed by atoms with E-state index in [0.717, 1.165) is 17.8 Å². The highest BCUT2D eigenvalue weighted by Gasteiger charge is 1.96. The van der Waals surface area contributed by atoms with Gasteiger partial charge in [0.2, 0.25) is 0 Å². The molecule has 0 saturated heterocycles. The van der Waals surface area contributed by atoms with E-state index < -0.39 is 0 Å². The van der Waals surface area contributed by atoms with Crippen LogP contribution in [0.5, 0.6) is 0 Å². The molecule has 2 aromatic rings. The lowest BCUT2D eigenvalue weighted by molar-refractivity contribution is 0.819. The number of rotatable bonds is 2. The first-order valence-corrected chi connectivity index (χ1v) is 4.80. The highest BCUT2D eigenvalue weighted by molar-refractivity contribution is 5.85. The number of hydrogen-bond acceptors (Lipinski definition) is 2. The summed E-state index contributed by atoms with van der Waals surface area (Å²) in [6.45, 7) is 2.92. The minimum absolute atomic E-state index is 0. The summed E-state index contributed by atoms with van der Waals surface area (Å²) in [5.74, 6) is 0. The molecule has 0 amide bonds. The second-order valence-electron chi connectivity index (χ2n) is 3.51. The number of aromatic nitrogens is 1. The molecule has 1 heterocycles. The first-order chi connectivity index (χ1) is 6.79. The molecule has 1 N–H and O–H groups in total. The van der Waals surface area contributed by atoms with E-state index in [1.807, 2.05) is 20.0 Å². The Bertz CT molecular complexity index is 454. The van der Waals surface area contributed by atoms with Crippen molar-refractivity contribution in [2.75, 3.05) is 7.05 Å². The minimum atomic E-state index is 0. The summed E-state index contributed by atoms with van der Waals surface area (Å²) in [6, 6.07) is 10.5. The second-order valence-corrected chi connectivity index (χ2v) is 3.51. The van der Waals surface area contributed by atoms with E-state index in [4.69, 9.17) is 0 Å². The SMILES string of the molecule is CNCc1ccc2nc(C)ccc2c1.Cl. The third-order valence-corrected chi connectivity index (χ3v) is 2.27. The number of aryl methyl sites for hydroxylation is 1. The lowest BCUT2D eigenvalue weighted by atomic mass is 10.1. The van der Waals surface area contributed by atoms with Gasteiger partial charge in [-0.25, -0.2) is 0 Å². The number of pyridine rings is 1. The van der Waals surface area contributed by atoms with E-state index in [9.17, 15) is 0 Å². The maximum absolute atomic E-state index is 4.46. The molecular formula is C12H15ClN2. The van der Waals surface area contributed by atoms with E-state index in [-0.39, 0.29) is 12.4 Å². The van der Waals surface area contributed by atoms with Crippen LogP contribution in [0.25, 0.3) is 10.9 Å². The maximum atomic E-state index is 4.46. The molecule has 0 radical (unpaired) electrons. The van der Waals surface area contributed by atoms with Crippen LogP contribution in [0.3, 0.4) is 0 Å². The summed E-state index contributed by atoms with van der Waals surface area (Å²) in [5, 5.41) is 4.35. The summed E-state index contributed by atoms with van der Waals surface area (Å²) < 4.78 is 0. The van der Waals surface area contributed by atoms with Crippen LogP contribution in [0, 0.1) is 6.92 Å². The molecule has 0 fully saturated rings. The minimum Gasteiger partial charge on any atom is -0.316 e. The van der Waals surface area contributed by atoms with Crippen LogP contribution in [0.4, 0.5) is 0 Å². The fourth-order valence-corrected chi connectivity index (χ4v) is 1.59. The molecule has 2 rings (SSSR count). The molecule has 0 unspecified atom stereocenters. The van der Waals surface area contributed by atoms with Crippen LogP contribution < -0.4 is 5.32 Å². The first kappa shape index (κ1) is 12.0. The summed E-state index contributed by atoms with van der Waals surface area (Å²) in [7, 11) is 1.96. The van der Waals surface area contributed by atoms with Crippen LogP contribution in [-0.4, -0.2) is 12.0 Å². The Morgan fingerprint density at radius 3 is 2.73 bits per heavy atom. The molecule has 1 aromatic heterocycles. The number of nitrogens with zero attached hydrogens (tertiary/aromatic N) is 1. The molecule has 3 heteroatoms. The lowest BCUT2D eigenvalue weighted by Gasteiger charge is -2.03. The van der Waals surface area contributed by atoms with Gasteiger partial charge in [-0.05, 0) is 37.7 Å². The fraction of sp³-hybridized carbons (Fsp3) is 0.250. The fourth-order valence-electron chi connectivity index (χ4n) is 1.59. The average molecular weight is 223 g/mol. The van der Waals surface area contributed by atoms with Gasteiger partial charge in [-0.2, -0.15) is 0 Å². The highest BCUT2D eigenvalue weighted by Crippen LogP contribution is 2.14.